The fraction of sp³-hybridized carbons (Fsp3) is 0.706. The number of nitrogens with one attached hydrogen (secondary N) is 1. The van der Waals surface area contributed by atoms with E-state index in [9.17, 15) is 4.79 Å². The zero-order valence-corrected chi connectivity index (χ0v) is 14.5. The summed E-state index contributed by atoms with van der Waals surface area (Å²) in [5.74, 6) is 0.675. The Morgan fingerprint density at radius 2 is 2.10 bits per heavy atom. The van der Waals surface area contributed by atoms with Crippen LogP contribution in [0.25, 0.3) is 0 Å². The Labute approximate surface area is 132 Å². The predicted molar refractivity (Wildman–Crippen MR) is 89.4 cm³/mol. The number of carbonyl (C=O) groups is 1. The van der Waals surface area contributed by atoms with E-state index >= 15 is 0 Å². The summed E-state index contributed by atoms with van der Waals surface area (Å²) in [6.07, 6.45) is 4.58. The maximum absolute atomic E-state index is 12.8. The number of nitrogens with zero attached hydrogens (tertiary/aromatic N) is 1. The third-order valence-electron chi connectivity index (χ3n) is 4.44. The lowest BCUT2D eigenvalue weighted by atomic mass is 9.99. The van der Waals surface area contributed by atoms with Crippen LogP contribution in [0.5, 0.6) is 0 Å². The van der Waals surface area contributed by atoms with Crippen molar-refractivity contribution in [3.05, 3.63) is 21.9 Å². The van der Waals surface area contributed by atoms with Gasteiger partial charge in [-0.15, -0.1) is 11.3 Å². The van der Waals surface area contributed by atoms with Crippen molar-refractivity contribution in [3.63, 3.8) is 0 Å². The molecule has 0 radical (unpaired) electrons. The number of hydrogen-bond donors (Lipinski definition) is 1. The van der Waals surface area contributed by atoms with Crippen LogP contribution in [0.1, 0.15) is 62.4 Å². The van der Waals surface area contributed by atoms with Gasteiger partial charge in [-0.25, -0.2) is 0 Å². The SMILES string of the molecule is CCCCCN1C(=O)C(C(C)CC)NC1c1ccc(C)s1. The first-order valence-electron chi connectivity index (χ1n) is 8.21. The Hall–Kier alpha value is -0.870. The van der Waals surface area contributed by atoms with Gasteiger partial charge in [-0.1, -0.05) is 40.0 Å². The fourth-order valence-electron chi connectivity index (χ4n) is 2.89. The lowest BCUT2D eigenvalue weighted by Crippen LogP contribution is -2.35. The van der Waals surface area contributed by atoms with Crippen LogP contribution >= 0.6 is 11.3 Å². The van der Waals surface area contributed by atoms with Crippen LogP contribution in [-0.4, -0.2) is 23.4 Å². The molecule has 1 aliphatic heterocycles. The van der Waals surface area contributed by atoms with E-state index in [1.807, 2.05) is 0 Å². The number of carbonyl (C=O) groups excluding carboxylic acids is 1. The van der Waals surface area contributed by atoms with Crippen LogP contribution in [0, 0.1) is 12.8 Å². The van der Waals surface area contributed by atoms with E-state index in [0.717, 1.165) is 19.4 Å². The summed E-state index contributed by atoms with van der Waals surface area (Å²) >= 11 is 1.79. The highest BCUT2D eigenvalue weighted by atomic mass is 32.1. The molecule has 1 N–H and O–H groups in total. The molecule has 1 amide bonds. The van der Waals surface area contributed by atoms with Gasteiger partial charge in [0.2, 0.25) is 5.91 Å². The summed E-state index contributed by atoms with van der Waals surface area (Å²) in [5, 5.41) is 3.58. The van der Waals surface area contributed by atoms with Gasteiger partial charge in [0.1, 0.15) is 6.17 Å². The van der Waals surface area contributed by atoms with Crippen molar-refractivity contribution in [2.75, 3.05) is 6.54 Å². The van der Waals surface area contributed by atoms with E-state index in [1.165, 1.54) is 22.6 Å². The number of aryl methyl sites for hydroxylation is 1. The molecule has 1 aromatic heterocycles. The quantitative estimate of drug-likeness (QED) is 0.769. The van der Waals surface area contributed by atoms with Crippen LogP contribution in [0.4, 0.5) is 0 Å². The summed E-state index contributed by atoms with van der Waals surface area (Å²) in [7, 11) is 0. The molecular weight excluding hydrogens is 280 g/mol. The minimum absolute atomic E-state index is 0.0240. The number of rotatable bonds is 7. The molecule has 0 spiro atoms. The second-order valence-corrected chi connectivity index (χ2v) is 7.44. The standard InChI is InChI=1S/C17H28N2OS/c1-5-7-8-11-19-16(14-10-9-13(4)21-14)18-15(17(19)20)12(3)6-2/h9-10,12,15-16,18H,5-8,11H2,1-4H3. The second kappa shape index (κ2) is 7.41. The topological polar surface area (TPSA) is 32.3 Å². The third kappa shape index (κ3) is 3.67. The number of amides is 1. The van der Waals surface area contributed by atoms with E-state index < -0.39 is 0 Å². The van der Waals surface area contributed by atoms with E-state index in [2.05, 4.69) is 50.0 Å². The second-order valence-electron chi connectivity index (χ2n) is 6.12. The molecule has 1 aliphatic rings. The summed E-state index contributed by atoms with van der Waals surface area (Å²) in [4.78, 5) is 17.4. The van der Waals surface area contributed by atoms with Crippen molar-refractivity contribution < 1.29 is 4.79 Å². The lowest BCUT2D eigenvalue weighted by molar-refractivity contribution is -0.131. The maximum atomic E-state index is 12.8. The Morgan fingerprint density at radius 1 is 1.33 bits per heavy atom. The monoisotopic (exact) mass is 308 g/mol. The number of hydrogen-bond acceptors (Lipinski definition) is 3. The molecule has 0 aromatic carbocycles. The molecule has 21 heavy (non-hydrogen) atoms. The molecular formula is C17H28N2OS. The van der Waals surface area contributed by atoms with Crippen LogP contribution in [0.15, 0.2) is 12.1 Å². The van der Waals surface area contributed by atoms with Crippen LogP contribution in [0.2, 0.25) is 0 Å². The Morgan fingerprint density at radius 3 is 2.67 bits per heavy atom. The third-order valence-corrected chi connectivity index (χ3v) is 5.50. The first-order chi connectivity index (χ1) is 10.1. The van der Waals surface area contributed by atoms with Gasteiger partial charge in [-0.3, -0.25) is 10.1 Å². The Kier molecular flexibility index (Phi) is 5.82. The molecule has 4 heteroatoms. The average molecular weight is 308 g/mol. The van der Waals surface area contributed by atoms with Gasteiger partial charge < -0.3 is 4.90 Å². The molecule has 118 valence electrons. The van der Waals surface area contributed by atoms with Gasteiger partial charge in [0.15, 0.2) is 0 Å². The van der Waals surface area contributed by atoms with Crippen LogP contribution in [-0.2, 0) is 4.79 Å². The molecule has 0 bridgehead atoms. The molecule has 3 atom stereocenters. The first-order valence-corrected chi connectivity index (χ1v) is 9.03. The average Bonchev–Trinajstić information content (AvgIpc) is 3.03. The van der Waals surface area contributed by atoms with Gasteiger partial charge >= 0.3 is 0 Å². The number of thiophene rings is 1. The fourth-order valence-corrected chi connectivity index (χ4v) is 3.84. The molecule has 1 fully saturated rings. The highest BCUT2D eigenvalue weighted by Crippen LogP contribution is 2.33. The van der Waals surface area contributed by atoms with Gasteiger partial charge in [-0.2, -0.15) is 0 Å². The summed E-state index contributed by atoms with van der Waals surface area (Å²) in [5.41, 5.74) is 0. The molecule has 3 unspecified atom stereocenters. The van der Waals surface area contributed by atoms with Gasteiger partial charge in [0.25, 0.3) is 0 Å². The summed E-state index contributed by atoms with van der Waals surface area (Å²) in [6.45, 7) is 9.52. The van der Waals surface area contributed by atoms with Crippen molar-refractivity contribution in [1.82, 2.24) is 10.2 Å². The normalized spacial score (nSPS) is 23.8. The molecule has 1 aromatic rings. The maximum Gasteiger partial charge on any atom is 0.241 e. The van der Waals surface area contributed by atoms with Crippen LogP contribution < -0.4 is 5.32 Å². The zero-order chi connectivity index (χ0) is 15.4. The summed E-state index contributed by atoms with van der Waals surface area (Å²) < 4.78 is 0. The molecule has 2 heterocycles. The minimum Gasteiger partial charge on any atom is -0.321 e. The molecule has 0 saturated carbocycles. The predicted octanol–water partition coefficient (Wildman–Crippen LogP) is 4.09. The molecule has 3 nitrogen and oxygen atoms in total. The lowest BCUT2D eigenvalue weighted by Gasteiger charge is -2.23. The van der Waals surface area contributed by atoms with Crippen molar-refractivity contribution >= 4 is 17.2 Å². The van der Waals surface area contributed by atoms with E-state index in [4.69, 9.17) is 0 Å². The highest BCUT2D eigenvalue weighted by Gasteiger charge is 2.41. The van der Waals surface area contributed by atoms with E-state index in [1.54, 1.807) is 11.3 Å². The summed E-state index contributed by atoms with van der Waals surface area (Å²) in [6, 6.07) is 4.29. The first kappa shape index (κ1) is 16.5. The van der Waals surface area contributed by atoms with E-state index in [-0.39, 0.29) is 18.1 Å². The van der Waals surface area contributed by atoms with Crippen molar-refractivity contribution in [2.24, 2.45) is 5.92 Å². The largest absolute Gasteiger partial charge is 0.321 e. The minimum atomic E-state index is -0.0240. The molecule has 0 aliphatic carbocycles. The molecule has 2 rings (SSSR count). The van der Waals surface area contributed by atoms with Crippen molar-refractivity contribution in [1.29, 1.82) is 0 Å². The van der Waals surface area contributed by atoms with Crippen molar-refractivity contribution in [2.45, 2.75) is 65.6 Å². The van der Waals surface area contributed by atoms with Gasteiger partial charge in [0.05, 0.1) is 6.04 Å². The van der Waals surface area contributed by atoms with Gasteiger partial charge in [0, 0.05) is 16.3 Å². The van der Waals surface area contributed by atoms with Crippen molar-refractivity contribution in [3.8, 4) is 0 Å². The number of unbranched alkanes of at least 4 members (excludes halogenated alkanes) is 2. The highest BCUT2D eigenvalue weighted by molar-refractivity contribution is 7.12. The molecule has 1 saturated heterocycles. The smallest absolute Gasteiger partial charge is 0.241 e. The zero-order valence-electron chi connectivity index (χ0n) is 13.7. The van der Waals surface area contributed by atoms with Gasteiger partial charge in [-0.05, 0) is 31.4 Å². The Bertz CT molecular complexity index is 471. The Balaban J connectivity index is 2.16. The van der Waals surface area contributed by atoms with E-state index in [0.29, 0.717) is 5.92 Å². The van der Waals surface area contributed by atoms with Crippen LogP contribution in [0.3, 0.4) is 0 Å².